The number of amides is 1. The van der Waals surface area contributed by atoms with Crippen molar-refractivity contribution in [3.05, 3.63) is 42.0 Å². The zero-order valence-electron chi connectivity index (χ0n) is 14.1. The van der Waals surface area contributed by atoms with Gasteiger partial charge >= 0.3 is 0 Å². The van der Waals surface area contributed by atoms with Crippen LogP contribution in [0.1, 0.15) is 37.7 Å². The Morgan fingerprint density at radius 3 is 2.70 bits per heavy atom. The fraction of sp³-hybridized carbons (Fsp3) is 0.471. The zero-order chi connectivity index (χ0) is 16.8. The summed E-state index contributed by atoms with van der Waals surface area (Å²) in [5, 5.41) is 7.09. The van der Waals surface area contributed by atoms with Gasteiger partial charge in [0.05, 0.1) is 19.1 Å². The lowest BCUT2D eigenvalue weighted by atomic mass is 10.0. The van der Waals surface area contributed by atoms with Crippen molar-refractivity contribution in [2.75, 3.05) is 6.61 Å². The van der Waals surface area contributed by atoms with E-state index in [9.17, 15) is 4.79 Å². The topological polar surface area (TPSA) is 69.0 Å². The lowest BCUT2D eigenvalue weighted by Gasteiger charge is -2.21. The number of hydrogen-bond donors (Lipinski definition) is 1. The summed E-state index contributed by atoms with van der Waals surface area (Å²) in [5.74, 6) is 1.74. The molecule has 1 amide bonds. The molecular weight excluding hydrogens is 292 g/mol. The highest BCUT2D eigenvalue weighted by Gasteiger charge is 2.22. The van der Waals surface area contributed by atoms with Crippen molar-refractivity contribution in [2.24, 2.45) is 13.0 Å². The van der Waals surface area contributed by atoms with Gasteiger partial charge in [-0.3, -0.25) is 9.48 Å². The number of para-hydroxylation sites is 1. The predicted molar refractivity (Wildman–Crippen MR) is 88.0 cm³/mol. The molecule has 0 aliphatic heterocycles. The van der Waals surface area contributed by atoms with Crippen LogP contribution in [0.4, 0.5) is 0 Å². The fourth-order valence-corrected chi connectivity index (χ4v) is 2.33. The standard InChI is InChI=1S/C17H24N4O2/c1-12(2)16(17-18-11-19-21(17)4)20-15(22)9-10-23-14-8-6-5-7-13(14)3/h5-8,11-12,16H,9-10H2,1-4H3,(H,20,22)/t16-/m0/s1. The minimum atomic E-state index is -0.159. The van der Waals surface area contributed by atoms with Crippen molar-refractivity contribution >= 4 is 5.91 Å². The van der Waals surface area contributed by atoms with Crippen LogP contribution in [0.5, 0.6) is 5.75 Å². The van der Waals surface area contributed by atoms with Gasteiger partial charge in [-0.15, -0.1) is 0 Å². The maximum atomic E-state index is 12.2. The van der Waals surface area contributed by atoms with Crippen LogP contribution in [0.25, 0.3) is 0 Å². The fourth-order valence-electron chi connectivity index (χ4n) is 2.33. The van der Waals surface area contributed by atoms with Crippen LogP contribution in [0.2, 0.25) is 0 Å². The SMILES string of the molecule is Cc1ccccc1OCCC(=O)N[C@H](c1ncnn1C)C(C)C. The monoisotopic (exact) mass is 316 g/mol. The van der Waals surface area contributed by atoms with Crippen LogP contribution in [0, 0.1) is 12.8 Å². The van der Waals surface area contributed by atoms with Crippen LogP contribution in [-0.4, -0.2) is 27.3 Å². The first-order valence-corrected chi connectivity index (χ1v) is 7.80. The summed E-state index contributed by atoms with van der Waals surface area (Å²) in [5.41, 5.74) is 1.06. The van der Waals surface area contributed by atoms with E-state index < -0.39 is 0 Å². The number of ether oxygens (including phenoxy) is 1. The molecule has 0 aliphatic carbocycles. The minimum Gasteiger partial charge on any atom is -0.493 e. The van der Waals surface area contributed by atoms with Gasteiger partial charge in [0.1, 0.15) is 17.9 Å². The van der Waals surface area contributed by atoms with E-state index in [1.807, 2.05) is 52.1 Å². The van der Waals surface area contributed by atoms with Gasteiger partial charge < -0.3 is 10.1 Å². The van der Waals surface area contributed by atoms with Gasteiger partial charge in [-0.25, -0.2) is 4.98 Å². The van der Waals surface area contributed by atoms with E-state index in [4.69, 9.17) is 4.74 Å². The smallest absolute Gasteiger partial charge is 0.224 e. The Kier molecular flexibility index (Phi) is 5.73. The Balaban J connectivity index is 1.88. The number of nitrogens with zero attached hydrogens (tertiary/aromatic N) is 3. The first-order valence-electron chi connectivity index (χ1n) is 7.80. The molecule has 124 valence electrons. The molecule has 6 nitrogen and oxygen atoms in total. The molecule has 0 spiro atoms. The number of aryl methyl sites for hydroxylation is 2. The van der Waals surface area contributed by atoms with Crippen LogP contribution in [0.3, 0.4) is 0 Å². The quantitative estimate of drug-likeness (QED) is 0.851. The molecule has 0 radical (unpaired) electrons. The highest BCUT2D eigenvalue weighted by atomic mass is 16.5. The van der Waals surface area contributed by atoms with Gasteiger partial charge in [-0.1, -0.05) is 32.0 Å². The molecule has 0 unspecified atom stereocenters. The number of nitrogens with one attached hydrogen (secondary N) is 1. The zero-order valence-corrected chi connectivity index (χ0v) is 14.1. The molecule has 1 heterocycles. The van der Waals surface area contributed by atoms with Crippen molar-refractivity contribution in [3.8, 4) is 5.75 Å². The first kappa shape index (κ1) is 17.0. The number of hydrogen-bond acceptors (Lipinski definition) is 4. The van der Waals surface area contributed by atoms with Crippen molar-refractivity contribution in [1.82, 2.24) is 20.1 Å². The van der Waals surface area contributed by atoms with Gasteiger partial charge in [-0.2, -0.15) is 5.10 Å². The molecule has 1 aromatic carbocycles. The third-order valence-electron chi connectivity index (χ3n) is 3.69. The van der Waals surface area contributed by atoms with E-state index in [-0.39, 0.29) is 17.9 Å². The molecule has 2 aromatic rings. The summed E-state index contributed by atoms with van der Waals surface area (Å²) in [7, 11) is 1.82. The van der Waals surface area contributed by atoms with Crippen LogP contribution in [-0.2, 0) is 11.8 Å². The summed E-state index contributed by atoms with van der Waals surface area (Å²) in [4.78, 5) is 16.4. The van der Waals surface area contributed by atoms with Gasteiger partial charge in [0.15, 0.2) is 0 Å². The van der Waals surface area contributed by atoms with Crippen LogP contribution >= 0.6 is 0 Å². The maximum Gasteiger partial charge on any atom is 0.224 e. The molecule has 1 atom stereocenters. The molecule has 0 saturated heterocycles. The van der Waals surface area contributed by atoms with Crippen LogP contribution in [0.15, 0.2) is 30.6 Å². The first-order chi connectivity index (χ1) is 11.0. The second-order valence-electron chi connectivity index (χ2n) is 5.90. The van der Waals surface area contributed by atoms with E-state index in [2.05, 4.69) is 15.4 Å². The van der Waals surface area contributed by atoms with Crippen molar-refractivity contribution in [3.63, 3.8) is 0 Å². The number of rotatable bonds is 7. The predicted octanol–water partition coefficient (Wildman–Crippen LogP) is 2.41. The summed E-state index contributed by atoms with van der Waals surface area (Å²) in [6.07, 6.45) is 1.80. The number of carbonyl (C=O) groups excluding carboxylic acids is 1. The van der Waals surface area contributed by atoms with Gasteiger partial charge in [0.2, 0.25) is 5.91 Å². The minimum absolute atomic E-state index is 0.0553. The summed E-state index contributed by atoms with van der Waals surface area (Å²) in [6, 6.07) is 7.62. The van der Waals surface area contributed by atoms with Crippen LogP contribution < -0.4 is 10.1 Å². The maximum absolute atomic E-state index is 12.2. The summed E-state index contributed by atoms with van der Waals surface area (Å²) in [6.45, 7) is 6.42. The van der Waals surface area contributed by atoms with Crippen molar-refractivity contribution in [1.29, 1.82) is 0 Å². The number of benzene rings is 1. The highest BCUT2D eigenvalue weighted by Crippen LogP contribution is 2.19. The third-order valence-corrected chi connectivity index (χ3v) is 3.69. The van der Waals surface area contributed by atoms with E-state index in [0.29, 0.717) is 13.0 Å². The van der Waals surface area contributed by atoms with Crippen molar-refractivity contribution in [2.45, 2.75) is 33.2 Å². The van der Waals surface area contributed by atoms with Gasteiger partial charge in [-0.05, 0) is 24.5 Å². The molecule has 2 rings (SSSR count). The molecular formula is C17H24N4O2. The Hall–Kier alpha value is -2.37. The second-order valence-corrected chi connectivity index (χ2v) is 5.90. The Morgan fingerprint density at radius 1 is 1.35 bits per heavy atom. The number of carbonyl (C=O) groups is 1. The molecule has 0 aliphatic rings. The highest BCUT2D eigenvalue weighted by molar-refractivity contribution is 5.76. The number of aromatic nitrogens is 3. The Labute approximate surface area is 136 Å². The normalized spacial score (nSPS) is 12.2. The molecule has 23 heavy (non-hydrogen) atoms. The molecule has 6 heteroatoms. The molecule has 0 saturated carbocycles. The largest absolute Gasteiger partial charge is 0.493 e. The lowest BCUT2D eigenvalue weighted by molar-refractivity contribution is -0.122. The molecule has 1 N–H and O–H groups in total. The Bertz CT molecular complexity index is 652. The Morgan fingerprint density at radius 2 is 2.09 bits per heavy atom. The second kappa shape index (κ2) is 7.76. The van der Waals surface area contributed by atoms with E-state index in [0.717, 1.165) is 17.1 Å². The summed E-state index contributed by atoms with van der Waals surface area (Å²) >= 11 is 0. The summed E-state index contributed by atoms with van der Waals surface area (Å²) < 4.78 is 7.36. The van der Waals surface area contributed by atoms with Gasteiger partial charge in [0.25, 0.3) is 0 Å². The van der Waals surface area contributed by atoms with E-state index in [1.54, 1.807) is 4.68 Å². The average Bonchev–Trinajstić information content (AvgIpc) is 2.92. The molecule has 1 aromatic heterocycles. The average molecular weight is 316 g/mol. The van der Waals surface area contributed by atoms with E-state index >= 15 is 0 Å². The lowest BCUT2D eigenvalue weighted by Crippen LogP contribution is -2.34. The van der Waals surface area contributed by atoms with Crippen molar-refractivity contribution < 1.29 is 9.53 Å². The van der Waals surface area contributed by atoms with E-state index in [1.165, 1.54) is 6.33 Å². The molecule has 0 fully saturated rings. The third kappa shape index (κ3) is 4.55. The molecule has 0 bridgehead atoms. The van der Waals surface area contributed by atoms with Gasteiger partial charge in [0, 0.05) is 7.05 Å².